The normalized spacial score (nSPS) is 15.7. The molecule has 0 aliphatic carbocycles. The monoisotopic (exact) mass is 384 g/mol. The van der Waals surface area contributed by atoms with E-state index in [0.717, 1.165) is 18.6 Å². The molecule has 150 valence electrons. The molecule has 0 radical (unpaired) electrons. The molecule has 0 heterocycles. The van der Waals surface area contributed by atoms with Crippen molar-refractivity contribution in [2.75, 3.05) is 14.2 Å². The molecule has 1 aromatic carbocycles. The van der Waals surface area contributed by atoms with Gasteiger partial charge in [0.25, 0.3) is 5.67 Å². The number of hydrogen-bond acceptors (Lipinski definition) is 3. The van der Waals surface area contributed by atoms with Crippen LogP contribution in [-0.4, -0.2) is 37.1 Å². The predicted molar refractivity (Wildman–Crippen MR) is 86.8 cm³/mol. The Bertz CT molecular complexity index is 549. The number of benzene rings is 1. The first-order chi connectivity index (χ1) is 12.0. The molecule has 1 aromatic rings. The third-order valence-corrected chi connectivity index (χ3v) is 4.40. The smallest absolute Gasteiger partial charge is 0.340 e. The summed E-state index contributed by atoms with van der Waals surface area (Å²) in [5, 5.41) is 10.2. The average molecular weight is 384 g/mol. The lowest BCUT2D eigenvalue weighted by molar-refractivity contribution is -0.451. The average Bonchev–Trinajstić information content (AvgIpc) is 2.64. The van der Waals surface area contributed by atoms with E-state index in [4.69, 9.17) is 0 Å². The number of hydrogen-bond donors (Lipinski definition) is 1. The molecule has 1 N–H and O–H groups in total. The zero-order valence-corrected chi connectivity index (χ0v) is 15.1. The summed E-state index contributed by atoms with van der Waals surface area (Å²) < 4.78 is 83.0. The van der Waals surface area contributed by atoms with Crippen LogP contribution in [0.4, 0.5) is 22.0 Å². The second kappa shape index (κ2) is 8.63. The lowest BCUT2D eigenvalue weighted by Crippen LogP contribution is -2.66. The van der Waals surface area contributed by atoms with Crippen molar-refractivity contribution in [3.63, 3.8) is 0 Å². The van der Waals surface area contributed by atoms with E-state index >= 15 is 4.39 Å². The number of unbranched alkanes of at least 4 members (excludes halogenated alkanes) is 3. The van der Waals surface area contributed by atoms with Crippen molar-refractivity contribution >= 4 is 0 Å². The van der Waals surface area contributed by atoms with E-state index in [0.29, 0.717) is 27.1 Å². The standard InChI is InChI=1S/C18H25F5O3/c1-4-5-6-10-13-15(19,20)17(22,23)16(21,18(24,25-2)26-3)14-11-8-7-9-12-14/h7-9,11-12,24H,4-6,10,13H2,1-3H3. The Hall–Kier alpha value is -1.25. The minimum absolute atomic E-state index is 0.209. The van der Waals surface area contributed by atoms with Crippen molar-refractivity contribution in [1.82, 2.24) is 0 Å². The van der Waals surface area contributed by atoms with Crippen molar-refractivity contribution in [3.05, 3.63) is 35.9 Å². The van der Waals surface area contributed by atoms with E-state index in [1.165, 1.54) is 18.2 Å². The van der Waals surface area contributed by atoms with Crippen LogP contribution < -0.4 is 0 Å². The molecule has 26 heavy (non-hydrogen) atoms. The number of alkyl halides is 5. The summed E-state index contributed by atoms with van der Waals surface area (Å²) in [5.74, 6) is -13.7. The van der Waals surface area contributed by atoms with Gasteiger partial charge in [-0.3, -0.25) is 0 Å². The first-order valence-corrected chi connectivity index (χ1v) is 8.36. The highest BCUT2D eigenvalue weighted by Gasteiger charge is 2.78. The van der Waals surface area contributed by atoms with Gasteiger partial charge in [0.05, 0.1) is 0 Å². The lowest BCUT2D eigenvalue weighted by Gasteiger charge is -2.45. The second-order valence-corrected chi connectivity index (χ2v) is 6.10. The van der Waals surface area contributed by atoms with E-state index in [1.54, 1.807) is 0 Å². The maximum atomic E-state index is 15.7. The minimum atomic E-state index is -5.31. The first-order valence-electron chi connectivity index (χ1n) is 8.36. The van der Waals surface area contributed by atoms with E-state index in [9.17, 15) is 22.7 Å². The number of ether oxygens (including phenoxy) is 2. The molecule has 0 bridgehead atoms. The molecule has 3 nitrogen and oxygen atoms in total. The van der Waals surface area contributed by atoms with Gasteiger partial charge in [-0.25, -0.2) is 4.39 Å². The van der Waals surface area contributed by atoms with Gasteiger partial charge < -0.3 is 14.6 Å². The van der Waals surface area contributed by atoms with Gasteiger partial charge in [0.1, 0.15) is 0 Å². The molecule has 0 aromatic heterocycles. The minimum Gasteiger partial charge on any atom is -0.340 e. The van der Waals surface area contributed by atoms with Gasteiger partial charge >= 0.3 is 17.8 Å². The molecule has 1 unspecified atom stereocenters. The van der Waals surface area contributed by atoms with Crippen molar-refractivity contribution in [3.8, 4) is 0 Å². The van der Waals surface area contributed by atoms with Crippen LogP contribution in [-0.2, 0) is 15.1 Å². The van der Waals surface area contributed by atoms with E-state index in [1.807, 2.05) is 6.92 Å². The molecule has 0 saturated carbocycles. The molecule has 0 aliphatic rings. The van der Waals surface area contributed by atoms with E-state index in [2.05, 4.69) is 9.47 Å². The molecular formula is C18H25F5O3. The molecule has 0 aliphatic heterocycles. The molecule has 1 atom stereocenters. The van der Waals surface area contributed by atoms with E-state index < -0.39 is 35.5 Å². The second-order valence-electron chi connectivity index (χ2n) is 6.10. The highest BCUT2D eigenvalue weighted by atomic mass is 19.3. The molecule has 1 rings (SSSR count). The third-order valence-electron chi connectivity index (χ3n) is 4.40. The summed E-state index contributed by atoms with van der Waals surface area (Å²) in [5.41, 5.74) is -5.23. The number of aliphatic hydroxyl groups is 1. The Kier molecular flexibility index (Phi) is 7.56. The zero-order valence-electron chi connectivity index (χ0n) is 15.1. The summed E-state index contributed by atoms with van der Waals surface area (Å²) in [4.78, 5) is 0. The highest BCUT2D eigenvalue weighted by Crippen LogP contribution is 2.57. The van der Waals surface area contributed by atoms with Gasteiger partial charge in [-0.05, 0) is 6.42 Å². The van der Waals surface area contributed by atoms with Crippen molar-refractivity contribution in [2.24, 2.45) is 0 Å². The maximum Gasteiger partial charge on any atom is 0.355 e. The summed E-state index contributed by atoms with van der Waals surface area (Å²) >= 11 is 0. The zero-order chi connectivity index (χ0) is 20.1. The summed E-state index contributed by atoms with van der Waals surface area (Å²) in [6.07, 6.45) is 0.195. The number of methoxy groups -OCH3 is 2. The van der Waals surface area contributed by atoms with Gasteiger partial charge in [-0.2, -0.15) is 17.6 Å². The van der Waals surface area contributed by atoms with Gasteiger partial charge in [-0.1, -0.05) is 56.5 Å². The quantitative estimate of drug-likeness (QED) is 0.330. The van der Waals surface area contributed by atoms with Gasteiger partial charge in [0.15, 0.2) is 0 Å². The van der Waals surface area contributed by atoms with Crippen LogP contribution in [0.2, 0.25) is 0 Å². The van der Waals surface area contributed by atoms with Crippen LogP contribution in [0.3, 0.4) is 0 Å². The summed E-state index contributed by atoms with van der Waals surface area (Å²) in [6.45, 7) is 1.84. The molecule has 0 fully saturated rings. The topological polar surface area (TPSA) is 38.7 Å². The molecular weight excluding hydrogens is 359 g/mol. The fraction of sp³-hybridized carbons (Fsp3) is 0.667. The van der Waals surface area contributed by atoms with Crippen LogP contribution in [0, 0.1) is 0 Å². The van der Waals surface area contributed by atoms with Crippen molar-refractivity contribution in [1.29, 1.82) is 0 Å². The highest BCUT2D eigenvalue weighted by molar-refractivity contribution is 5.29. The van der Waals surface area contributed by atoms with Crippen LogP contribution in [0.25, 0.3) is 0 Å². The van der Waals surface area contributed by atoms with Crippen LogP contribution in [0.15, 0.2) is 30.3 Å². The van der Waals surface area contributed by atoms with Crippen LogP contribution in [0.1, 0.15) is 44.6 Å². The molecule has 0 saturated heterocycles. The van der Waals surface area contributed by atoms with E-state index in [-0.39, 0.29) is 6.42 Å². The molecule has 0 amide bonds. The third kappa shape index (κ3) is 3.87. The fourth-order valence-corrected chi connectivity index (χ4v) is 2.78. The van der Waals surface area contributed by atoms with Crippen LogP contribution in [0.5, 0.6) is 0 Å². The number of rotatable bonds is 11. The molecule has 8 heteroatoms. The largest absolute Gasteiger partial charge is 0.355 e. The Morgan fingerprint density at radius 2 is 1.42 bits per heavy atom. The SMILES string of the molecule is CCCCCCC(F)(F)C(F)(F)C(F)(c1ccccc1)C(O)(OC)OC. The lowest BCUT2D eigenvalue weighted by atomic mass is 9.81. The fourth-order valence-electron chi connectivity index (χ4n) is 2.78. The van der Waals surface area contributed by atoms with Gasteiger partial charge in [0.2, 0.25) is 0 Å². The Morgan fingerprint density at radius 1 is 0.885 bits per heavy atom. The van der Waals surface area contributed by atoms with Crippen molar-refractivity contribution in [2.45, 2.75) is 62.5 Å². The van der Waals surface area contributed by atoms with Crippen molar-refractivity contribution < 1.29 is 36.5 Å². The molecule has 0 spiro atoms. The van der Waals surface area contributed by atoms with Gasteiger partial charge in [0, 0.05) is 26.2 Å². The summed E-state index contributed by atoms with van der Waals surface area (Å²) in [6, 6.07) is 5.49. The Balaban J connectivity index is 3.41. The number of halogens is 5. The first kappa shape index (κ1) is 22.8. The predicted octanol–water partition coefficient (Wildman–Crippen LogP) is 5.03. The Morgan fingerprint density at radius 3 is 1.88 bits per heavy atom. The Labute approximate surface area is 150 Å². The summed E-state index contributed by atoms with van der Waals surface area (Å²) in [7, 11) is 1.38. The van der Waals surface area contributed by atoms with Gasteiger partial charge in [-0.15, -0.1) is 0 Å². The maximum absolute atomic E-state index is 15.7. The van der Waals surface area contributed by atoms with Crippen LogP contribution >= 0.6 is 0 Å².